The van der Waals surface area contributed by atoms with Gasteiger partial charge >= 0.3 is 0 Å². The molecule has 0 spiro atoms. The Kier molecular flexibility index (Phi) is 5.52. The second-order valence-corrected chi connectivity index (χ2v) is 7.22. The van der Waals surface area contributed by atoms with E-state index < -0.39 is 0 Å². The van der Waals surface area contributed by atoms with Gasteiger partial charge in [0.1, 0.15) is 23.1 Å². The molecule has 0 saturated heterocycles. The predicted molar refractivity (Wildman–Crippen MR) is 101 cm³/mol. The lowest BCUT2D eigenvalue weighted by Gasteiger charge is -2.21. The van der Waals surface area contributed by atoms with Gasteiger partial charge in [0.25, 0.3) is 5.91 Å². The lowest BCUT2D eigenvalue weighted by molar-refractivity contribution is 0.102. The molecule has 0 unspecified atom stereocenters. The molecule has 0 aliphatic rings. The molecule has 0 aliphatic heterocycles. The molecule has 0 aliphatic carbocycles. The van der Waals surface area contributed by atoms with Crippen LogP contribution in [0.25, 0.3) is 0 Å². The van der Waals surface area contributed by atoms with E-state index in [0.717, 1.165) is 5.56 Å². The van der Waals surface area contributed by atoms with Gasteiger partial charge in [-0.15, -0.1) is 0 Å². The summed E-state index contributed by atoms with van der Waals surface area (Å²) in [5, 5.41) is 6.64. The number of nitrogens with one attached hydrogen (secondary N) is 2. The largest absolute Gasteiger partial charge is 0.495 e. The molecule has 1 amide bonds. The Morgan fingerprint density at radius 2 is 1.84 bits per heavy atom. The highest BCUT2D eigenvalue weighted by molar-refractivity contribution is 6.31. The first-order valence-electron chi connectivity index (χ1n) is 7.88. The number of halogens is 1. The molecule has 0 atom stereocenters. The number of aromatic nitrogens is 2. The number of aryl methyl sites for hydroxylation is 2. The third kappa shape index (κ3) is 5.06. The predicted octanol–water partition coefficient (Wildman–Crippen LogP) is 4.22. The monoisotopic (exact) mass is 362 g/mol. The van der Waals surface area contributed by atoms with Crippen molar-refractivity contribution < 1.29 is 9.53 Å². The van der Waals surface area contributed by atoms with Crippen LogP contribution in [0.2, 0.25) is 5.02 Å². The van der Waals surface area contributed by atoms with Gasteiger partial charge in [-0.05, 0) is 46.2 Å². The Morgan fingerprint density at radius 1 is 1.16 bits per heavy atom. The van der Waals surface area contributed by atoms with E-state index in [1.54, 1.807) is 25.1 Å². The lowest BCUT2D eigenvalue weighted by Crippen LogP contribution is -2.27. The number of nitrogens with zero attached hydrogens (tertiary/aromatic N) is 2. The fourth-order valence-corrected chi connectivity index (χ4v) is 2.40. The molecular weight excluding hydrogens is 340 g/mol. The van der Waals surface area contributed by atoms with E-state index in [9.17, 15) is 4.79 Å². The minimum absolute atomic E-state index is 0.176. The van der Waals surface area contributed by atoms with E-state index in [1.165, 1.54) is 7.11 Å². The van der Waals surface area contributed by atoms with Gasteiger partial charge in [-0.1, -0.05) is 11.6 Å². The van der Waals surface area contributed by atoms with Crippen LogP contribution in [0.3, 0.4) is 0 Å². The highest BCUT2D eigenvalue weighted by Gasteiger charge is 2.17. The summed E-state index contributed by atoms with van der Waals surface area (Å²) >= 11 is 6.10. The first kappa shape index (κ1) is 19.0. The maximum Gasteiger partial charge on any atom is 0.274 e. The number of ether oxygens (including phenoxy) is 1. The summed E-state index contributed by atoms with van der Waals surface area (Å²) in [7, 11) is 1.52. The van der Waals surface area contributed by atoms with Gasteiger partial charge in [-0.3, -0.25) is 4.79 Å². The zero-order valence-electron chi connectivity index (χ0n) is 15.3. The van der Waals surface area contributed by atoms with Crippen molar-refractivity contribution in [1.29, 1.82) is 0 Å². The standard InChI is InChI=1S/C18H23ClN4O2/c1-10-7-13(15(25-6)8-12(10)19)22-17(24)14-9-16(21-11(2)20-14)23-18(3,4)5/h7-9H,1-6H3,(H,22,24)(H,20,21,23). The van der Waals surface area contributed by atoms with Crippen LogP contribution in [-0.2, 0) is 0 Å². The molecule has 2 aromatic rings. The van der Waals surface area contributed by atoms with Crippen molar-refractivity contribution in [3.8, 4) is 5.75 Å². The van der Waals surface area contributed by atoms with Crippen LogP contribution in [-0.4, -0.2) is 28.5 Å². The molecule has 0 bridgehead atoms. The number of anilines is 2. The zero-order valence-corrected chi connectivity index (χ0v) is 16.1. The number of methoxy groups -OCH3 is 1. The van der Waals surface area contributed by atoms with Crippen LogP contribution in [0.5, 0.6) is 5.75 Å². The quantitative estimate of drug-likeness (QED) is 0.851. The third-order valence-electron chi connectivity index (χ3n) is 3.30. The molecule has 7 heteroatoms. The molecule has 2 N–H and O–H groups in total. The summed E-state index contributed by atoms with van der Waals surface area (Å²) in [4.78, 5) is 21.2. The van der Waals surface area contributed by atoms with Gasteiger partial charge in [-0.25, -0.2) is 9.97 Å². The number of amides is 1. The van der Waals surface area contributed by atoms with E-state index in [0.29, 0.717) is 28.1 Å². The average molecular weight is 363 g/mol. The number of benzene rings is 1. The van der Waals surface area contributed by atoms with Gasteiger partial charge in [0.15, 0.2) is 0 Å². The van der Waals surface area contributed by atoms with Crippen molar-refractivity contribution in [3.05, 3.63) is 40.3 Å². The molecule has 1 aromatic carbocycles. The Hall–Kier alpha value is -2.34. The van der Waals surface area contributed by atoms with Crippen LogP contribution in [0.1, 0.15) is 42.6 Å². The van der Waals surface area contributed by atoms with E-state index in [2.05, 4.69) is 20.6 Å². The first-order chi connectivity index (χ1) is 11.6. The topological polar surface area (TPSA) is 76.1 Å². The van der Waals surface area contributed by atoms with Gasteiger partial charge in [0.05, 0.1) is 12.8 Å². The zero-order chi connectivity index (χ0) is 18.8. The molecule has 0 fully saturated rings. The van der Waals surface area contributed by atoms with Crippen molar-refractivity contribution in [2.45, 2.75) is 40.2 Å². The summed E-state index contributed by atoms with van der Waals surface area (Å²) in [5.41, 5.74) is 1.47. The fourth-order valence-electron chi connectivity index (χ4n) is 2.25. The fraction of sp³-hybridized carbons (Fsp3) is 0.389. The van der Waals surface area contributed by atoms with Gasteiger partial charge < -0.3 is 15.4 Å². The van der Waals surface area contributed by atoms with Gasteiger partial charge in [0, 0.05) is 22.7 Å². The summed E-state index contributed by atoms with van der Waals surface area (Å²) in [5.74, 6) is 1.26. The van der Waals surface area contributed by atoms with Crippen molar-refractivity contribution in [1.82, 2.24) is 9.97 Å². The van der Waals surface area contributed by atoms with Crippen molar-refractivity contribution in [2.24, 2.45) is 0 Å². The summed E-state index contributed by atoms with van der Waals surface area (Å²) < 4.78 is 5.29. The van der Waals surface area contributed by atoms with Crippen molar-refractivity contribution in [3.63, 3.8) is 0 Å². The van der Waals surface area contributed by atoms with E-state index in [-0.39, 0.29) is 17.1 Å². The minimum Gasteiger partial charge on any atom is -0.495 e. The van der Waals surface area contributed by atoms with E-state index >= 15 is 0 Å². The Bertz CT molecular complexity index is 800. The number of carbonyl (C=O) groups is 1. The highest BCUT2D eigenvalue weighted by atomic mass is 35.5. The molecular formula is C18H23ClN4O2. The normalized spacial score (nSPS) is 11.2. The van der Waals surface area contributed by atoms with Crippen LogP contribution in [0.4, 0.5) is 11.5 Å². The van der Waals surface area contributed by atoms with Gasteiger partial charge in [-0.2, -0.15) is 0 Å². The molecule has 2 rings (SSSR count). The Balaban J connectivity index is 2.31. The second kappa shape index (κ2) is 7.27. The molecule has 1 aromatic heterocycles. The number of hydrogen-bond acceptors (Lipinski definition) is 5. The van der Waals surface area contributed by atoms with Crippen LogP contribution in [0, 0.1) is 13.8 Å². The van der Waals surface area contributed by atoms with Crippen molar-refractivity contribution in [2.75, 3.05) is 17.7 Å². The molecule has 0 saturated carbocycles. The molecule has 134 valence electrons. The van der Waals surface area contributed by atoms with E-state index in [1.807, 2.05) is 27.7 Å². The summed E-state index contributed by atoms with van der Waals surface area (Å²) in [6.07, 6.45) is 0. The van der Waals surface area contributed by atoms with Crippen LogP contribution in [0.15, 0.2) is 18.2 Å². The van der Waals surface area contributed by atoms with Gasteiger partial charge in [0.2, 0.25) is 0 Å². The lowest BCUT2D eigenvalue weighted by atomic mass is 10.1. The van der Waals surface area contributed by atoms with Crippen LogP contribution < -0.4 is 15.4 Å². The highest BCUT2D eigenvalue weighted by Crippen LogP contribution is 2.31. The van der Waals surface area contributed by atoms with E-state index in [4.69, 9.17) is 16.3 Å². The second-order valence-electron chi connectivity index (χ2n) is 6.82. The number of hydrogen-bond donors (Lipinski definition) is 2. The van der Waals surface area contributed by atoms with Crippen molar-refractivity contribution >= 4 is 29.0 Å². The first-order valence-corrected chi connectivity index (χ1v) is 8.26. The maximum absolute atomic E-state index is 12.6. The third-order valence-corrected chi connectivity index (χ3v) is 3.71. The molecule has 0 radical (unpaired) electrons. The molecule has 25 heavy (non-hydrogen) atoms. The molecule has 6 nitrogen and oxygen atoms in total. The number of rotatable bonds is 4. The SMILES string of the molecule is COc1cc(Cl)c(C)cc1NC(=O)c1cc(NC(C)(C)C)nc(C)n1. The summed E-state index contributed by atoms with van der Waals surface area (Å²) in [6, 6.07) is 5.06. The Morgan fingerprint density at radius 3 is 2.44 bits per heavy atom. The average Bonchev–Trinajstić information content (AvgIpc) is 2.48. The molecule has 1 heterocycles. The smallest absolute Gasteiger partial charge is 0.274 e. The Labute approximate surface area is 153 Å². The minimum atomic E-state index is -0.345. The number of carbonyl (C=O) groups excluding carboxylic acids is 1. The van der Waals surface area contributed by atoms with Crippen LogP contribution >= 0.6 is 11.6 Å². The summed E-state index contributed by atoms with van der Waals surface area (Å²) in [6.45, 7) is 9.66. The maximum atomic E-state index is 12.6.